The zero-order valence-electron chi connectivity index (χ0n) is 14.0. The fourth-order valence-electron chi connectivity index (χ4n) is 2.33. The van der Waals surface area contributed by atoms with Gasteiger partial charge in [-0.25, -0.2) is 8.78 Å². The van der Waals surface area contributed by atoms with Crippen LogP contribution in [0.15, 0.2) is 36.4 Å². The first-order chi connectivity index (χ1) is 11.9. The molecule has 1 N–H and O–H groups in total. The number of nitrogens with one attached hydrogen (secondary N) is 1. The van der Waals surface area contributed by atoms with Gasteiger partial charge in [0.25, 0.3) is 0 Å². The lowest BCUT2D eigenvalue weighted by Crippen LogP contribution is -2.33. The quantitative estimate of drug-likeness (QED) is 0.800. The molecule has 0 saturated heterocycles. The van der Waals surface area contributed by atoms with E-state index in [1.165, 1.54) is 31.4 Å². The minimum absolute atomic E-state index is 0.0315. The molecule has 0 aliphatic heterocycles. The van der Waals surface area contributed by atoms with Crippen LogP contribution in [0.3, 0.4) is 0 Å². The van der Waals surface area contributed by atoms with Crippen LogP contribution in [-0.2, 0) is 11.3 Å². The lowest BCUT2D eigenvalue weighted by molar-refractivity contribution is -0.117. The first-order valence-corrected chi connectivity index (χ1v) is 8.10. The number of methoxy groups -OCH3 is 1. The number of ether oxygens (including phenoxy) is 1. The standard InChI is InChI=1S/C18H19ClF2N2O2/c1-3-23(10-12-4-7-17(25-2)15(21)8-12)11-18(24)22-16-9-13(19)5-6-14(16)20/h4-9H,3,10-11H2,1-2H3,(H,22,24). The first kappa shape index (κ1) is 19.1. The van der Waals surface area contributed by atoms with Gasteiger partial charge in [-0.15, -0.1) is 0 Å². The number of benzene rings is 2. The van der Waals surface area contributed by atoms with Crippen molar-refractivity contribution in [3.63, 3.8) is 0 Å². The molecule has 0 unspecified atom stereocenters. The second kappa shape index (κ2) is 8.78. The summed E-state index contributed by atoms with van der Waals surface area (Å²) in [5, 5.41) is 2.83. The Balaban J connectivity index is 2.00. The molecule has 0 aromatic heterocycles. The summed E-state index contributed by atoms with van der Waals surface area (Å²) in [4.78, 5) is 14.0. The van der Waals surface area contributed by atoms with E-state index in [1.807, 2.05) is 6.92 Å². The third-order valence-corrected chi connectivity index (χ3v) is 3.87. The molecule has 0 radical (unpaired) electrons. The number of amides is 1. The van der Waals surface area contributed by atoms with E-state index in [1.54, 1.807) is 17.0 Å². The monoisotopic (exact) mass is 368 g/mol. The van der Waals surface area contributed by atoms with Crippen LogP contribution in [0.5, 0.6) is 5.75 Å². The van der Waals surface area contributed by atoms with Gasteiger partial charge in [0, 0.05) is 11.6 Å². The molecule has 25 heavy (non-hydrogen) atoms. The van der Waals surface area contributed by atoms with Gasteiger partial charge < -0.3 is 10.1 Å². The Kier molecular flexibility index (Phi) is 6.73. The average Bonchev–Trinajstić information content (AvgIpc) is 2.57. The number of hydrogen-bond acceptors (Lipinski definition) is 3. The molecule has 1 amide bonds. The van der Waals surface area contributed by atoms with Crippen LogP contribution < -0.4 is 10.1 Å². The van der Waals surface area contributed by atoms with Crippen molar-refractivity contribution in [1.29, 1.82) is 0 Å². The van der Waals surface area contributed by atoms with Crippen LogP contribution in [0.25, 0.3) is 0 Å². The van der Waals surface area contributed by atoms with Crippen molar-refractivity contribution in [2.45, 2.75) is 13.5 Å². The molecule has 0 bridgehead atoms. The zero-order chi connectivity index (χ0) is 18.4. The van der Waals surface area contributed by atoms with Crippen molar-refractivity contribution in [2.24, 2.45) is 0 Å². The van der Waals surface area contributed by atoms with Crippen molar-refractivity contribution in [3.05, 3.63) is 58.6 Å². The van der Waals surface area contributed by atoms with Crippen molar-refractivity contribution < 1.29 is 18.3 Å². The average molecular weight is 369 g/mol. The lowest BCUT2D eigenvalue weighted by Gasteiger charge is -2.20. The van der Waals surface area contributed by atoms with Gasteiger partial charge in [-0.3, -0.25) is 9.69 Å². The van der Waals surface area contributed by atoms with Gasteiger partial charge >= 0.3 is 0 Å². The third kappa shape index (κ3) is 5.41. The molecule has 0 aliphatic carbocycles. The van der Waals surface area contributed by atoms with Gasteiger partial charge in [-0.05, 0) is 42.4 Å². The Morgan fingerprint density at radius 2 is 1.96 bits per heavy atom. The fourth-order valence-corrected chi connectivity index (χ4v) is 2.50. The van der Waals surface area contributed by atoms with Crippen molar-refractivity contribution in [3.8, 4) is 5.75 Å². The molecule has 7 heteroatoms. The number of hydrogen-bond donors (Lipinski definition) is 1. The smallest absolute Gasteiger partial charge is 0.238 e. The SMILES string of the molecule is CCN(CC(=O)Nc1cc(Cl)ccc1F)Cc1ccc(OC)c(F)c1. The molecule has 0 fully saturated rings. The van der Waals surface area contributed by atoms with E-state index >= 15 is 0 Å². The largest absolute Gasteiger partial charge is 0.494 e. The highest BCUT2D eigenvalue weighted by Gasteiger charge is 2.13. The maximum absolute atomic E-state index is 13.8. The molecular weight excluding hydrogens is 350 g/mol. The number of nitrogens with zero attached hydrogens (tertiary/aromatic N) is 1. The molecular formula is C18H19ClF2N2O2. The summed E-state index contributed by atoms with van der Waals surface area (Å²) in [5.74, 6) is -1.22. The van der Waals surface area contributed by atoms with E-state index in [4.69, 9.17) is 16.3 Å². The number of anilines is 1. The molecule has 0 heterocycles. The molecule has 0 atom stereocenters. The topological polar surface area (TPSA) is 41.6 Å². The summed E-state index contributed by atoms with van der Waals surface area (Å²) < 4.78 is 32.3. The highest BCUT2D eigenvalue weighted by atomic mass is 35.5. The molecule has 4 nitrogen and oxygen atoms in total. The zero-order valence-corrected chi connectivity index (χ0v) is 14.7. The minimum Gasteiger partial charge on any atom is -0.494 e. The highest BCUT2D eigenvalue weighted by Crippen LogP contribution is 2.20. The molecule has 2 rings (SSSR count). The molecule has 0 aliphatic rings. The highest BCUT2D eigenvalue weighted by molar-refractivity contribution is 6.30. The van der Waals surface area contributed by atoms with Gasteiger partial charge in [0.2, 0.25) is 5.91 Å². The number of likely N-dealkylation sites (N-methyl/N-ethyl adjacent to an activating group) is 1. The van der Waals surface area contributed by atoms with Crippen molar-refractivity contribution in [1.82, 2.24) is 4.90 Å². The van der Waals surface area contributed by atoms with Gasteiger partial charge in [0.05, 0.1) is 19.3 Å². The Bertz CT molecular complexity index is 756. The minimum atomic E-state index is -0.557. The summed E-state index contributed by atoms with van der Waals surface area (Å²) in [5.41, 5.74) is 0.742. The van der Waals surface area contributed by atoms with E-state index in [-0.39, 0.29) is 23.9 Å². The first-order valence-electron chi connectivity index (χ1n) is 7.72. The predicted molar refractivity (Wildman–Crippen MR) is 93.9 cm³/mol. The second-order valence-corrected chi connectivity index (χ2v) is 5.88. The van der Waals surface area contributed by atoms with Gasteiger partial charge in [0.15, 0.2) is 11.6 Å². The van der Waals surface area contributed by atoms with Crippen LogP contribution in [0.4, 0.5) is 14.5 Å². The molecule has 0 spiro atoms. The Hall–Kier alpha value is -2.18. The van der Waals surface area contributed by atoms with Crippen LogP contribution in [-0.4, -0.2) is 31.0 Å². The summed E-state index contributed by atoms with van der Waals surface area (Å²) >= 11 is 5.81. The third-order valence-electron chi connectivity index (χ3n) is 3.64. The van der Waals surface area contributed by atoms with E-state index in [0.29, 0.717) is 23.7 Å². The Morgan fingerprint density at radius 3 is 2.60 bits per heavy atom. The summed E-state index contributed by atoms with van der Waals surface area (Å²) in [6.45, 7) is 2.87. The molecule has 134 valence electrons. The van der Waals surface area contributed by atoms with Crippen LogP contribution in [0.1, 0.15) is 12.5 Å². The fraction of sp³-hybridized carbons (Fsp3) is 0.278. The van der Waals surface area contributed by atoms with Crippen molar-refractivity contribution in [2.75, 3.05) is 25.5 Å². The van der Waals surface area contributed by atoms with E-state index < -0.39 is 11.6 Å². The molecule has 0 saturated carbocycles. The number of carbonyl (C=O) groups excluding carboxylic acids is 1. The Morgan fingerprint density at radius 1 is 1.20 bits per heavy atom. The van der Waals surface area contributed by atoms with Gasteiger partial charge in [0.1, 0.15) is 5.82 Å². The second-order valence-electron chi connectivity index (χ2n) is 5.44. The normalized spacial score (nSPS) is 10.8. The Labute approximate surface area is 150 Å². The van der Waals surface area contributed by atoms with Gasteiger partial charge in [-0.1, -0.05) is 24.6 Å². The molecule has 2 aromatic rings. The number of rotatable bonds is 7. The van der Waals surface area contributed by atoms with E-state index in [9.17, 15) is 13.6 Å². The lowest BCUT2D eigenvalue weighted by atomic mass is 10.2. The summed E-state index contributed by atoms with van der Waals surface area (Å²) in [7, 11) is 1.40. The van der Waals surface area contributed by atoms with Gasteiger partial charge in [-0.2, -0.15) is 0 Å². The van der Waals surface area contributed by atoms with Crippen LogP contribution >= 0.6 is 11.6 Å². The summed E-state index contributed by atoms with van der Waals surface area (Å²) in [6, 6.07) is 8.60. The maximum Gasteiger partial charge on any atom is 0.238 e. The van der Waals surface area contributed by atoms with Crippen LogP contribution in [0, 0.1) is 11.6 Å². The molecule has 2 aromatic carbocycles. The predicted octanol–water partition coefficient (Wildman–Crippen LogP) is 4.09. The number of halogens is 3. The maximum atomic E-state index is 13.8. The number of carbonyl (C=O) groups is 1. The van der Waals surface area contributed by atoms with E-state index in [0.717, 1.165) is 0 Å². The van der Waals surface area contributed by atoms with Crippen molar-refractivity contribution >= 4 is 23.2 Å². The van der Waals surface area contributed by atoms with Crippen LogP contribution in [0.2, 0.25) is 5.02 Å². The summed E-state index contributed by atoms with van der Waals surface area (Å²) in [6.07, 6.45) is 0. The van der Waals surface area contributed by atoms with E-state index in [2.05, 4.69) is 5.32 Å².